The Bertz CT molecular complexity index is 1450. The molecule has 8 nitrogen and oxygen atoms in total. The molecule has 2 atom stereocenters. The number of sulfonamides is 1. The number of anilines is 1. The highest BCUT2D eigenvalue weighted by Crippen LogP contribution is 2.27. The van der Waals surface area contributed by atoms with E-state index in [2.05, 4.69) is 5.32 Å². The van der Waals surface area contributed by atoms with Crippen LogP contribution in [0.1, 0.15) is 46.1 Å². The molecular weight excluding hydrogens is 581 g/mol. The minimum Gasteiger partial charge on any atom is -0.494 e. The lowest BCUT2D eigenvalue weighted by Gasteiger charge is -2.34. The van der Waals surface area contributed by atoms with E-state index in [9.17, 15) is 22.4 Å². The number of nitrogens with one attached hydrogen (secondary N) is 1. The first kappa shape index (κ1) is 32.9. The Kier molecular flexibility index (Phi) is 11.8. The highest BCUT2D eigenvalue weighted by atomic mass is 35.5. The third kappa shape index (κ3) is 8.23. The summed E-state index contributed by atoms with van der Waals surface area (Å²) in [5.41, 5.74) is 0.693. The lowest BCUT2D eigenvalue weighted by atomic mass is 10.1. The Balaban J connectivity index is 2.06. The maximum Gasteiger partial charge on any atom is 0.264 e. The van der Waals surface area contributed by atoms with E-state index >= 15 is 0 Å². The largest absolute Gasteiger partial charge is 0.494 e. The van der Waals surface area contributed by atoms with Gasteiger partial charge in [0.05, 0.1) is 17.2 Å². The van der Waals surface area contributed by atoms with Crippen molar-refractivity contribution in [3.63, 3.8) is 0 Å². The number of hydrogen-bond donors (Lipinski definition) is 1. The third-order valence-electron chi connectivity index (χ3n) is 6.80. The molecule has 0 bridgehead atoms. The Hall–Kier alpha value is -3.63. The zero-order chi connectivity index (χ0) is 30.9. The number of hydrogen-bond acceptors (Lipinski definition) is 5. The fourth-order valence-electron chi connectivity index (χ4n) is 4.31. The van der Waals surface area contributed by atoms with E-state index in [1.54, 1.807) is 31.2 Å². The van der Waals surface area contributed by atoms with E-state index in [0.29, 0.717) is 29.4 Å². The molecule has 0 saturated heterocycles. The normalized spacial score (nSPS) is 12.7. The van der Waals surface area contributed by atoms with Crippen LogP contribution in [0.2, 0.25) is 5.02 Å². The predicted octanol–water partition coefficient (Wildman–Crippen LogP) is 5.80. The molecule has 0 fully saturated rings. The summed E-state index contributed by atoms with van der Waals surface area (Å²) in [6, 6.07) is 16.6. The first-order valence-corrected chi connectivity index (χ1v) is 15.7. The van der Waals surface area contributed by atoms with Crippen LogP contribution in [0.4, 0.5) is 10.1 Å². The quantitative estimate of drug-likeness (QED) is 0.247. The molecule has 0 heterocycles. The van der Waals surface area contributed by atoms with Crippen LogP contribution in [0.25, 0.3) is 0 Å². The summed E-state index contributed by atoms with van der Waals surface area (Å²) in [6.07, 6.45) is 0.972. The van der Waals surface area contributed by atoms with Gasteiger partial charge in [0, 0.05) is 17.6 Å². The van der Waals surface area contributed by atoms with Crippen molar-refractivity contribution in [2.75, 3.05) is 17.5 Å². The molecule has 2 amide bonds. The van der Waals surface area contributed by atoms with Gasteiger partial charge in [-0.05, 0) is 86.8 Å². The van der Waals surface area contributed by atoms with Crippen LogP contribution < -0.4 is 14.4 Å². The van der Waals surface area contributed by atoms with Gasteiger partial charge in [-0.1, -0.05) is 43.6 Å². The number of halogens is 2. The van der Waals surface area contributed by atoms with Crippen molar-refractivity contribution in [2.24, 2.45) is 0 Å². The van der Waals surface area contributed by atoms with Crippen molar-refractivity contribution >= 4 is 39.1 Å². The molecule has 0 saturated carbocycles. The molecule has 0 aromatic heterocycles. The monoisotopic (exact) mass is 617 g/mol. The molecule has 226 valence electrons. The second-order valence-corrected chi connectivity index (χ2v) is 12.0. The van der Waals surface area contributed by atoms with Crippen molar-refractivity contribution < 1.29 is 27.1 Å². The summed E-state index contributed by atoms with van der Waals surface area (Å²) < 4.78 is 48.0. The van der Waals surface area contributed by atoms with Crippen LogP contribution in [0, 0.1) is 5.82 Å². The second-order valence-electron chi connectivity index (χ2n) is 9.75. The first-order chi connectivity index (χ1) is 20.0. The number of rotatable bonds is 14. The van der Waals surface area contributed by atoms with Gasteiger partial charge < -0.3 is 15.0 Å². The van der Waals surface area contributed by atoms with Crippen LogP contribution in [0.5, 0.6) is 5.75 Å². The van der Waals surface area contributed by atoms with Crippen molar-refractivity contribution in [2.45, 2.75) is 64.1 Å². The molecule has 0 radical (unpaired) electrons. The van der Waals surface area contributed by atoms with E-state index in [0.717, 1.165) is 16.4 Å². The van der Waals surface area contributed by atoms with Crippen LogP contribution in [0.15, 0.2) is 77.7 Å². The lowest BCUT2D eigenvalue weighted by molar-refractivity contribution is -0.140. The Morgan fingerprint density at radius 3 is 2.17 bits per heavy atom. The molecule has 0 spiro atoms. The molecule has 3 aromatic rings. The molecule has 1 N–H and O–H groups in total. The van der Waals surface area contributed by atoms with Gasteiger partial charge in [0.25, 0.3) is 10.0 Å². The molecule has 42 heavy (non-hydrogen) atoms. The maximum absolute atomic E-state index is 14.1. The van der Waals surface area contributed by atoms with Gasteiger partial charge in [-0.15, -0.1) is 0 Å². The van der Waals surface area contributed by atoms with Gasteiger partial charge >= 0.3 is 0 Å². The molecular formula is C31H37ClFN3O5S. The second kappa shape index (κ2) is 15.0. The smallest absolute Gasteiger partial charge is 0.264 e. The SMILES string of the molecule is CCOc1ccc(S(=O)(=O)N(CC(=O)N(Cc2ccccc2Cl)C(CC)C(=O)NC(C)CC)c2ccc(F)cc2)cc1. The Morgan fingerprint density at radius 1 is 0.952 bits per heavy atom. The number of benzene rings is 3. The summed E-state index contributed by atoms with van der Waals surface area (Å²) in [5, 5.41) is 3.34. The zero-order valence-electron chi connectivity index (χ0n) is 24.2. The number of carbonyl (C=O) groups is 2. The van der Waals surface area contributed by atoms with E-state index in [1.165, 1.54) is 41.3 Å². The topological polar surface area (TPSA) is 96.0 Å². The molecule has 0 aliphatic carbocycles. The molecule has 2 unspecified atom stereocenters. The van der Waals surface area contributed by atoms with Crippen molar-refractivity contribution in [1.29, 1.82) is 0 Å². The Labute approximate surface area is 252 Å². The zero-order valence-corrected chi connectivity index (χ0v) is 25.8. The van der Waals surface area contributed by atoms with Crippen molar-refractivity contribution in [3.8, 4) is 5.75 Å². The van der Waals surface area contributed by atoms with Crippen molar-refractivity contribution in [3.05, 3.63) is 89.2 Å². The fraction of sp³-hybridized carbons (Fsp3) is 0.355. The number of nitrogens with zero attached hydrogens (tertiary/aromatic N) is 2. The molecule has 3 rings (SSSR count). The van der Waals surface area contributed by atoms with Crippen LogP contribution in [-0.4, -0.2) is 50.4 Å². The summed E-state index contributed by atoms with van der Waals surface area (Å²) in [6.45, 7) is 7.14. The summed E-state index contributed by atoms with van der Waals surface area (Å²) >= 11 is 6.42. The van der Waals surface area contributed by atoms with Crippen LogP contribution in [-0.2, 0) is 26.2 Å². The van der Waals surface area contributed by atoms with Crippen LogP contribution >= 0.6 is 11.6 Å². The van der Waals surface area contributed by atoms with Gasteiger partial charge in [0.15, 0.2) is 0 Å². The molecule has 0 aliphatic rings. The van der Waals surface area contributed by atoms with E-state index in [4.69, 9.17) is 16.3 Å². The van der Waals surface area contributed by atoms with Crippen LogP contribution in [0.3, 0.4) is 0 Å². The average molecular weight is 618 g/mol. The number of amides is 2. The summed E-state index contributed by atoms with van der Waals surface area (Å²) in [5.74, 6) is -1.05. The Morgan fingerprint density at radius 2 is 1.60 bits per heavy atom. The molecule has 0 aliphatic heterocycles. The van der Waals surface area contributed by atoms with Gasteiger partial charge in [-0.3, -0.25) is 13.9 Å². The van der Waals surface area contributed by atoms with Gasteiger partial charge in [0.1, 0.15) is 24.2 Å². The number of ether oxygens (including phenoxy) is 1. The standard InChI is InChI=1S/C31H37ClFN3O5S/c1-5-22(4)34-31(38)29(6-2)35(20-23-10-8-9-11-28(23)32)30(37)21-36(25-14-12-24(33)13-15-25)42(39,40)27-18-16-26(17-19-27)41-7-3/h8-19,22,29H,5-7,20-21H2,1-4H3,(H,34,38). The maximum atomic E-state index is 14.1. The van der Waals surface area contributed by atoms with Gasteiger partial charge in [-0.2, -0.15) is 0 Å². The van der Waals surface area contributed by atoms with Crippen molar-refractivity contribution in [1.82, 2.24) is 10.2 Å². The van der Waals surface area contributed by atoms with Gasteiger partial charge in [0.2, 0.25) is 11.8 Å². The average Bonchev–Trinajstić information content (AvgIpc) is 2.97. The molecule has 3 aromatic carbocycles. The van der Waals surface area contributed by atoms with E-state index in [1.807, 2.05) is 20.8 Å². The van der Waals surface area contributed by atoms with Gasteiger partial charge in [-0.25, -0.2) is 12.8 Å². The third-order valence-corrected chi connectivity index (χ3v) is 8.96. The minimum absolute atomic E-state index is 0.0225. The van der Waals surface area contributed by atoms with E-state index < -0.39 is 34.3 Å². The van der Waals surface area contributed by atoms with E-state index in [-0.39, 0.29) is 35.5 Å². The molecule has 11 heteroatoms. The minimum atomic E-state index is -4.30. The first-order valence-electron chi connectivity index (χ1n) is 13.9. The number of carbonyl (C=O) groups excluding carboxylic acids is 2. The highest BCUT2D eigenvalue weighted by molar-refractivity contribution is 7.92. The fourth-order valence-corrected chi connectivity index (χ4v) is 5.92. The summed E-state index contributed by atoms with van der Waals surface area (Å²) in [4.78, 5) is 28.7. The predicted molar refractivity (Wildman–Crippen MR) is 163 cm³/mol. The highest BCUT2D eigenvalue weighted by Gasteiger charge is 2.34. The lowest BCUT2D eigenvalue weighted by Crippen LogP contribution is -2.53. The summed E-state index contributed by atoms with van der Waals surface area (Å²) in [7, 11) is -4.30.